The second-order valence-electron chi connectivity index (χ2n) is 8.41. The molecule has 0 bridgehead atoms. The lowest BCUT2D eigenvalue weighted by molar-refractivity contribution is -0.382. The van der Waals surface area contributed by atoms with Crippen LogP contribution in [0.1, 0.15) is 15.2 Å². The molecule has 1 fully saturated rings. The molecule has 2 heterocycles. The lowest BCUT2D eigenvalue weighted by atomic mass is 10.2. The number of amides is 1. The number of thiophene rings is 1. The normalized spacial score (nSPS) is 14.3. The van der Waals surface area contributed by atoms with Crippen molar-refractivity contribution in [2.75, 3.05) is 36.4 Å². The van der Waals surface area contributed by atoms with Gasteiger partial charge in [-0.25, -0.2) is 0 Å². The van der Waals surface area contributed by atoms with Gasteiger partial charge in [-0.1, -0.05) is 54.1 Å². The number of anilines is 2. The third kappa shape index (κ3) is 5.00. The Hall–Kier alpha value is -3.46. The van der Waals surface area contributed by atoms with Crippen LogP contribution in [0.4, 0.5) is 17.1 Å². The van der Waals surface area contributed by atoms with E-state index in [-0.39, 0.29) is 21.5 Å². The highest BCUT2D eigenvalue weighted by molar-refractivity contribution is 7.22. The third-order valence-electron chi connectivity index (χ3n) is 6.15. The molecule has 0 unspecified atom stereocenters. The van der Waals surface area contributed by atoms with Gasteiger partial charge in [-0.15, -0.1) is 11.3 Å². The predicted octanol–water partition coefficient (Wildman–Crippen LogP) is 6.04. The second kappa shape index (κ2) is 10.0. The monoisotopic (exact) mass is 506 g/mol. The van der Waals surface area contributed by atoms with Crippen LogP contribution >= 0.6 is 22.9 Å². The highest BCUT2D eigenvalue weighted by Crippen LogP contribution is 2.40. The van der Waals surface area contributed by atoms with Gasteiger partial charge in [-0.05, 0) is 29.8 Å². The molecule has 5 rings (SSSR count). The number of carbonyl (C=O) groups excluding carboxylic acids is 1. The maximum absolute atomic E-state index is 12.9. The van der Waals surface area contributed by atoms with Crippen LogP contribution in [-0.4, -0.2) is 41.9 Å². The largest absolute Gasteiger partial charge is 0.369 e. The Labute approximate surface area is 211 Å². The number of carbonyl (C=O) groups is 1. The van der Waals surface area contributed by atoms with Crippen molar-refractivity contribution in [1.82, 2.24) is 4.90 Å². The summed E-state index contributed by atoms with van der Waals surface area (Å²) in [4.78, 5) is 28.8. The quantitative estimate of drug-likeness (QED) is 0.255. The van der Waals surface area contributed by atoms with E-state index in [9.17, 15) is 14.9 Å². The van der Waals surface area contributed by atoms with E-state index in [1.807, 2.05) is 30.3 Å². The van der Waals surface area contributed by atoms with E-state index in [1.54, 1.807) is 12.1 Å². The minimum atomic E-state index is -0.461. The third-order valence-corrected chi connectivity index (χ3v) is 7.88. The Morgan fingerprint density at radius 3 is 2.37 bits per heavy atom. The molecule has 3 aromatic carbocycles. The van der Waals surface area contributed by atoms with Crippen LogP contribution in [0.5, 0.6) is 0 Å². The number of nitrogens with one attached hydrogen (secondary N) is 1. The van der Waals surface area contributed by atoms with E-state index in [0.29, 0.717) is 15.8 Å². The molecule has 0 spiro atoms. The highest BCUT2D eigenvalue weighted by Gasteiger charge is 2.23. The standard InChI is InChI=1S/C26H23ClN4O3S/c27-23-21-7-4-8-22(31(33)34)24(21)35-25(23)26(32)28-19-9-11-20(12-10-19)30-15-13-29(14-16-30)17-18-5-2-1-3-6-18/h1-12H,13-17H2,(H,28,32). The van der Waals surface area contributed by atoms with Gasteiger partial charge in [-0.2, -0.15) is 0 Å². The zero-order chi connectivity index (χ0) is 24.4. The minimum Gasteiger partial charge on any atom is -0.369 e. The fourth-order valence-corrected chi connectivity index (χ4v) is 5.80. The smallest absolute Gasteiger partial charge is 0.287 e. The summed E-state index contributed by atoms with van der Waals surface area (Å²) in [6, 6.07) is 22.9. The molecule has 1 aromatic heterocycles. The predicted molar refractivity (Wildman–Crippen MR) is 142 cm³/mol. The first-order valence-corrected chi connectivity index (χ1v) is 12.5. The molecule has 1 aliphatic heterocycles. The number of fused-ring (bicyclic) bond motifs is 1. The van der Waals surface area contributed by atoms with Crippen LogP contribution in [0.3, 0.4) is 0 Å². The van der Waals surface area contributed by atoms with E-state index < -0.39 is 4.92 Å². The first kappa shape index (κ1) is 23.3. The van der Waals surface area contributed by atoms with Crippen LogP contribution in [0.15, 0.2) is 72.8 Å². The molecule has 0 aliphatic carbocycles. The summed E-state index contributed by atoms with van der Waals surface area (Å²) in [5.74, 6) is -0.382. The number of nitrogens with zero attached hydrogens (tertiary/aromatic N) is 3. The topological polar surface area (TPSA) is 78.7 Å². The first-order valence-electron chi connectivity index (χ1n) is 11.3. The van der Waals surface area contributed by atoms with Gasteiger partial charge in [0.05, 0.1) is 9.95 Å². The Kier molecular flexibility index (Phi) is 6.68. The number of non-ortho nitro benzene ring substituents is 1. The van der Waals surface area contributed by atoms with Crippen molar-refractivity contribution in [3.05, 3.63) is 98.4 Å². The Balaban J connectivity index is 1.22. The van der Waals surface area contributed by atoms with Gasteiger partial charge in [0.25, 0.3) is 11.6 Å². The Bertz CT molecular complexity index is 1370. The number of piperazine rings is 1. The molecule has 0 atom stereocenters. The molecule has 4 aromatic rings. The lowest BCUT2D eigenvalue weighted by Crippen LogP contribution is -2.45. The van der Waals surface area contributed by atoms with Crippen molar-refractivity contribution in [3.63, 3.8) is 0 Å². The van der Waals surface area contributed by atoms with E-state index in [2.05, 4.69) is 39.4 Å². The molecule has 0 radical (unpaired) electrons. The zero-order valence-corrected chi connectivity index (χ0v) is 20.4. The summed E-state index contributed by atoms with van der Waals surface area (Å²) < 4.78 is 0.398. The number of nitro benzene ring substituents is 1. The molecule has 178 valence electrons. The maximum atomic E-state index is 12.9. The molecule has 0 saturated carbocycles. The van der Waals surface area contributed by atoms with E-state index in [4.69, 9.17) is 11.6 Å². The molecule has 1 amide bonds. The van der Waals surface area contributed by atoms with Crippen LogP contribution < -0.4 is 10.2 Å². The maximum Gasteiger partial charge on any atom is 0.287 e. The zero-order valence-electron chi connectivity index (χ0n) is 18.8. The first-order chi connectivity index (χ1) is 17.0. The summed E-state index contributed by atoms with van der Waals surface area (Å²) in [5.41, 5.74) is 3.03. The van der Waals surface area contributed by atoms with Gasteiger partial charge in [0.15, 0.2) is 0 Å². The average molecular weight is 507 g/mol. The van der Waals surface area contributed by atoms with Crippen LogP contribution in [0.25, 0.3) is 10.1 Å². The summed E-state index contributed by atoms with van der Waals surface area (Å²) in [5, 5.41) is 14.9. The van der Waals surface area contributed by atoms with Crippen LogP contribution in [0.2, 0.25) is 5.02 Å². The number of hydrogen-bond acceptors (Lipinski definition) is 6. The molecule has 1 saturated heterocycles. The van der Waals surface area contributed by atoms with Crippen LogP contribution in [0, 0.1) is 10.1 Å². The van der Waals surface area contributed by atoms with Crippen molar-refractivity contribution in [2.24, 2.45) is 0 Å². The number of rotatable bonds is 6. The van der Waals surface area contributed by atoms with Gasteiger partial charge in [-0.3, -0.25) is 19.8 Å². The summed E-state index contributed by atoms with van der Waals surface area (Å²) in [7, 11) is 0. The van der Waals surface area contributed by atoms with Crippen LogP contribution in [-0.2, 0) is 6.54 Å². The SMILES string of the molecule is O=C(Nc1ccc(N2CCN(Cc3ccccc3)CC2)cc1)c1sc2c([N+](=O)[O-])cccc2c1Cl. The van der Waals surface area contributed by atoms with Gasteiger partial charge >= 0.3 is 0 Å². The fourth-order valence-electron chi connectivity index (χ4n) is 4.31. The average Bonchev–Trinajstić information content (AvgIpc) is 3.22. The molecule has 35 heavy (non-hydrogen) atoms. The molecule has 1 aliphatic rings. The summed E-state index contributed by atoms with van der Waals surface area (Å²) in [6.45, 7) is 4.82. The minimum absolute atomic E-state index is 0.0540. The number of halogens is 1. The second-order valence-corrected chi connectivity index (χ2v) is 9.80. The highest BCUT2D eigenvalue weighted by atomic mass is 35.5. The number of benzene rings is 3. The van der Waals surface area contributed by atoms with E-state index in [0.717, 1.165) is 49.7 Å². The van der Waals surface area contributed by atoms with E-state index >= 15 is 0 Å². The fraction of sp³-hybridized carbons (Fsp3) is 0.192. The van der Waals surface area contributed by atoms with Gasteiger partial charge in [0.1, 0.15) is 9.58 Å². The molecular formula is C26H23ClN4O3S. The Morgan fingerprint density at radius 2 is 1.69 bits per heavy atom. The van der Waals surface area contributed by atoms with Crippen molar-refractivity contribution >= 4 is 56.0 Å². The Morgan fingerprint density at radius 1 is 0.971 bits per heavy atom. The molecule has 9 heteroatoms. The van der Waals surface area contributed by atoms with Gasteiger partial charge < -0.3 is 10.2 Å². The van der Waals surface area contributed by atoms with Crippen molar-refractivity contribution < 1.29 is 9.72 Å². The number of hydrogen-bond donors (Lipinski definition) is 1. The van der Waals surface area contributed by atoms with Crippen molar-refractivity contribution in [1.29, 1.82) is 0 Å². The summed E-state index contributed by atoms with van der Waals surface area (Å²) in [6.07, 6.45) is 0. The van der Waals surface area contributed by atoms with Gasteiger partial charge in [0, 0.05) is 55.6 Å². The van der Waals surface area contributed by atoms with Crippen molar-refractivity contribution in [2.45, 2.75) is 6.54 Å². The lowest BCUT2D eigenvalue weighted by Gasteiger charge is -2.36. The molecule has 7 nitrogen and oxygen atoms in total. The van der Waals surface area contributed by atoms with Gasteiger partial charge in [0.2, 0.25) is 0 Å². The number of nitro groups is 1. The molecule has 1 N–H and O–H groups in total. The summed E-state index contributed by atoms with van der Waals surface area (Å²) >= 11 is 7.44. The van der Waals surface area contributed by atoms with E-state index in [1.165, 1.54) is 11.6 Å². The molecular weight excluding hydrogens is 484 g/mol. The van der Waals surface area contributed by atoms with Crippen molar-refractivity contribution in [3.8, 4) is 0 Å².